The standard InChI is InChI=1S/C20H24N2O2/c23-20(19-15-24-12-11-21-19)22-14-18(17-9-5-2-6-10-17)13-16-7-3-1-4-8-16/h1-10,18-19,21H,11-15H2,(H,22,23)/t18-,19-/m1/s1. The summed E-state index contributed by atoms with van der Waals surface area (Å²) < 4.78 is 5.37. The predicted octanol–water partition coefficient (Wildman–Crippen LogP) is 2.12. The third-order valence-corrected chi connectivity index (χ3v) is 4.36. The average Bonchev–Trinajstić information content (AvgIpc) is 2.67. The Morgan fingerprint density at radius 3 is 2.50 bits per heavy atom. The second-order valence-corrected chi connectivity index (χ2v) is 6.12. The van der Waals surface area contributed by atoms with Crippen LogP contribution in [0, 0.1) is 0 Å². The first-order chi connectivity index (χ1) is 11.8. The molecule has 2 aromatic rings. The normalized spacial score (nSPS) is 18.8. The van der Waals surface area contributed by atoms with E-state index in [4.69, 9.17) is 4.74 Å². The number of carbonyl (C=O) groups is 1. The van der Waals surface area contributed by atoms with Gasteiger partial charge in [-0.15, -0.1) is 0 Å². The lowest BCUT2D eigenvalue weighted by Crippen LogP contribution is -2.51. The van der Waals surface area contributed by atoms with Crippen LogP contribution in [-0.4, -0.2) is 38.3 Å². The Morgan fingerprint density at radius 1 is 1.12 bits per heavy atom. The topological polar surface area (TPSA) is 50.4 Å². The first-order valence-corrected chi connectivity index (χ1v) is 8.50. The van der Waals surface area contributed by atoms with Crippen molar-refractivity contribution in [2.75, 3.05) is 26.3 Å². The lowest BCUT2D eigenvalue weighted by molar-refractivity contribution is -0.125. The first-order valence-electron chi connectivity index (χ1n) is 8.50. The minimum Gasteiger partial charge on any atom is -0.378 e. The average molecular weight is 324 g/mol. The molecule has 126 valence electrons. The van der Waals surface area contributed by atoms with E-state index in [-0.39, 0.29) is 17.9 Å². The summed E-state index contributed by atoms with van der Waals surface area (Å²) in [5, 5.41) is 6.28. The van der Waals surface area contributed by atoms with Gasteiger partial charge in [0.15, 0.2) is 0 Å². The summed E-state index contributed by atoms with van der Waals surface area (Å²) in [4.78, 5) is 12.3. The molecule has 1 fully saturated rings. The zero-order valence-corrected chi connectivity index (χ0v) is 13.8. The van der Waals surface area contributed by atoms with E-state index in [9.17, 15) is 4.79 Å². The minimum absolute atomic E-state index is 0.0173. The van der Waals surface area contributed by atoms with Crippen LogP contribution >= 0.6 is 0 Å². The minimum atomic E-state index is -0.244. The molecule has 4 nitrogen and oxygen atoms in total. The number of hydrogen-bond donors (Lipinski definition) is 2. The van der Waals surface area contributed by atoms with Gasteiger partial charge < -0.3 is 15.4 Å². The maximum atomic E-state index is 12.3. The fourth-order valence-corrected chi connectivity index (χ4v) is 3.01. The fourth-order valence-electron chi connectivity index (χ4n) is 3.01. The Labute approximate surface area is 143 Å². The van der Waals surface area contributed by atoms with Crippen molar-refractivity contribution in [2.45, 2.75) is 18.4 Å². The predicted molar refractivity (Wildman–Crippen MR) is 94.9 cm³/mol. The number of benzene rings is 2. The van der Waals surface area contributed by atoms with Crippen LogP contribution < -0.4 is 10.6 Å². The Kier molecular flexibility index (Phi) is 5.99. The van der Waals surface area contributed by atoms with Gasteiger partial charge in [-0.25, -0.2) is 0 Å². The number of amides is 1. The van der Waals surface area contributed by atoms with Crippen molar-refractivity contribution in [1.82, 2.24) is 10.6 Å². The lowest BCUT2D eigenvalue weighted by atomic mass is 9.92. The van der Waals surface area contributed by atoms with Crippen molar-refractivity contribution in [1.29, 1.82) is 0 Å². The number of morpholine rings is 1. The summed E-state index contributed by atoms with van der Waals surface area (Å²) in [6.45, 7) is 2.46. The van der Waals surface area contributed by atoms with E-state index in [0.29, 0.717) is 19.8 Å². The SMILES string of the molecule is O=C(NC[C@@H](Cc1ccccc1)c1ccccc1)[C@H]1COCCN1. The number of nitrogens with one attached hydrogen (secondary N) is 2. The van der Waals surface area contributed by atoms with Gasteiger partial charge in [-0.1, -0.05) is 60.7 Å². The summed E-state index contributed by atoms with van der Waals surface area (Å²) in [7, 11) is 0. The van der Waals surface area contributed by atoms with Gasteiger partial charge >= 0.3 is 0 Å². The molecule has 3 rings (SSSR count). The van der Waals surface area contributed by atoms with Crippen LogP contribution in [0.3, 0.4) is 0 Å². The summed E-state index contributed by atoms with van der Waals surface area (Å²) in [5.41, 5.74) is 2.52. The molecule has 2 N–H and O–H groups in total. The van der Waals surface area contributed by atoms with E-state index in [1.165, 1.54) is 11.1 Å². The quantitative estimate of drug-likeness (QED) is 0.856. The maximum Gasteiger partial charge on any atom is 0.239 e. The maximum absolute atomic E-state index is 12.3. The first kappa shape index (κ1) is 16.7. The smallest absolute Gasteiger partial charge is 0.239 e. The van der Waals surface area contributed by atoms with E-state index in [0.717, 1.165) is 13.0 Å². The van der Waals surface area contributed by atoms with E-state index < -0.39 is 0 Å². The molecule has 0 unspecified atom stereocenters. The van der Waals surface area contributed by atoms with Gasteiger partial charge in [0.2, 0.25) is 5.91 Å². The zero-order chi connectivity index (χ0) is 16.6. The van der Waals surface area contributed by atoms with Crippen molar-refractivity contribution in [3.63, 3.8) is 0 Å². The molecule has 24 heavy (non-hydrogen) atoms. The molecule has 1 amide bonds. The highest BCUT2D eigenvalue weighted by Crippen LogP contribution is 2.20. The fraction of sp³-hybridized carbons (Fsp3) is 0.350. The number of rotatable bonds is 6. The molecular formula is C20H24N2O2. The van der Waals surface area contributed by atoms with Gasteiger partial charge in [0, 0.05) is 19.0 Å². The van der Waals surface area contributed by atoms with Gasteiger partial charge in [0.1, 0.15) is 6.04 Å². The molecule has 2 aromatic carbocycles. The molecule has 0 spiro atoms. The molecule has 0 aliphatic carbocycles. The molecule has 4 heteroatoms. The van der Waals surface area contributed by atoms with Crippen molar-refractivity contribution in [3.8, 4) is 0 Å². The van der Waals surface area contributed by atoms with Crippen molar-refractivity contribution < 1.29 is 9.53 Å². The van der Waals surface area contributed by atoms with Crippen LogP contribution in [0.5, 0.6) is 0 Å². The number of carbonyl (C=O) groups excluding carboxylic acids is 1. The van der Waals surface area contributed by atoms with Gasteiger partial charge in [-0.2, -0.15) is 0 Å². The van der Waals surface area contributed by atoms with E-state index in [2.05, 4.69) is 47.0 Å². The molecule has 1 heterocycles. The second kappa shape index (κ2) is 8.62. The van der Waals surface area contributed by atoms with Crippen molar-refractivity contribution in [2.24, 2.45) is 0 Å². The molecule has 1 aliphatic rings. The Hall–Kier alpha value is -2.17. The van der Waals surface area contributed by atoms with Gasteiger partial charge in [0.05, 0.1) is 13.2 Å². The van der Waals surface area contributed by atoms with Crippen LogP contribution in [-0.2, 0) is 16.0 Å². The highest BCUT2D eigenvalue weighted by molar-refractivity contribution is 5.82. The van der Waals surface area contributed by atoms with E-state index in [1.807, 2.05) is 24.3 Å². The summed E-state index contributed by atoms with van der Waals surface area (Å²) in [6, 6.07) is 20.5. The molecule has 2 atom stereocenters. The van der Waals surface area contributed by atoms with Crippen LogP contribution in [0.25, 0.3) is 0 Å². The van der Waals surface area contributed by atoms with Gasteiger partial charge in [0.25, 0.3) is 0 Å². The van der Waals surface area contributed by atoms with E-state index in [1.54, 1.807) is 0 Å². The molecule has 1 saturated heterocycles. The lowest BCUT2D eigenvalue weighted by Gasteiger charge is -2.24. The molecule has 0 radical (unpaired) electrons. The summed E-state index contributed by atoms with van der Waals surface area (Å²) in [6.07, 6.45) is 0.903. The highest BCUT2D eigenvalue weighted by Gasteiger charge is 2.22. The van der Waals surface area contributed by atoms with Crippen LogP contribution in [0.15, 0.2) is 60.7 Å². The van der Waals surface area contributed by atoms with Crippen molar-refractivity contribution >= 4 is 5.91 Å². The molecule has 0 saturated carbocycles. The Morgan fingerprint density at radius 2 is 1.83 bits per heavy atom. The third-order valence-electron chi connectivity index (χ3n) is 4.36. The molecule has 0 aromatic heterocycles. The number of hydrogen-bond acceptors (Lipinski definition) is 3. The number of ether oxygens (including phenoxy) is 1. The van der Waals surface area contributed by atoms with Crippen LogP contribution in [0.2, 0.25) is 0 Å². The summed E-state index contributed by atoms with van der Waals surface area (Å²) >= 11 is 0. The molecule has 1 aliphatic heterocycles. The second-order valence-electron chi connectivity index (χ2n) is 6.12. The highest BCUT2D eigenvalue weighted by atomic mass is 16.5. The van der Waals surface area contributed by atoms with Crippen LogP contribution in [0.1, 0.15) is 17.0 Å². The molecule has 0 bridgehead atoms. The van der Waals surface area contributed by atoms with Gasteiger partial charge in [-0.3, -0.25) is 4.79 Å². The Bertz CT molecular complexity index is 625. The van der Waals surface area contributed by atoms with Crippen LogP contribution in [0.4, 0.5) is 0 Å². The van der Waals surface area contributed by atoms with E-state index >= 15 is 0 Å². The Balaban J connectivity index is 1.64. The zero-order valence-electron chi connectivity index (χ0n) is 13.8. The van der Waals surface area contributed by atoms with Crippen molar-refractivity contribution in [3.05, 3.63) is 71.8 Å². The third kappa shape index (κ3) is 4.66. The largest absolute Gasteiger partial charge is 0.378 e. The van der Waals surface area contributed by atoms with Gasteiger partial charge in [-0.05, 0) is 17.5 Å². The summed E-state index contributed by atoms with van der Waals surface area (Å²) in [5.74, 6) is 0.269. The monoisotopic (exact) mass is 324 g/mol. The molecular weight excluding hydrogens is 300 g/mol.